The Labute approximate surface area is 564 Å². The van der Waals surface area contributed by atoms with E-state index in [1.54, 1.807) is 0 Å². The van der Waals surface area contributed by atoms with Crippen LogP contribution in [0.15, 0.2) is 194 Å². The topological polar surface area (TPSA) is 111 Å². The Bertz CT molecular complexity index is 2260. The summed E-state index contributed by atoms with van der Waals surface area (Å²) in [7, 11) is 1.13. The van der Waals surface area contributed by atoms with Crippen LogP contribution in [0, 0.1) is 0 Å². The molecule has 0 saturated heterocycles. The predicted octanol–water partition coefficient (Wildman–Crippen LogP) is 23.4. The number of phosphoric acid groups is 1. The maximum Gasteiger partial charge on any atom is 0.306 e. The zero-order valence-corrected chi connectivity index (χ0v) is 59.8. The summed E-state index contributed by atoms with van der Waals surface area (Å²) in [5.74, 6) is -0.861. The summed E-state index contributed by atoms with van der Waals surface area (Å²) in [5.41, 5.74) is 0. The largest absolute Gasteiger partial charge is 0.756 e. The maximum absolute atomic E-state index is 12.9. The van der Waals surface area contributed by atoms with Crippen molar-refractivity contribution in [2.45, 2.75) is 264 Å². The molecule has 0 N–H and O–H groups in total. The summed E-state index contributed by atoms with van der Waals surface area (Å²) >= 11 is 0. The highest BCUT2D eigenvalue weighted by Gasteiger charge is 2.22. The van der Waals surface area contributed by atoms with Crippen LogP contribution >= 0.6 is 7.82 Å². The first-order valence-corrected chi connectivity index (χ1v) is 37.6. The van der Waals surface area contributed by atoms with Crippen LogP contribution in [-0.4, -0.2) is 70.0 Å². The third kappa shape index (κ3) is 73.9. The van der Waals surface area contributed by atoms with Gasteiger partial charge in [-0.15, -0.1) is 0 Å². The minimum Gasteiger partial charge on any atom is -0.756 e. The average molecular weight is 1290 g/mol. The van der Waals surface area contributed by atoms with Gasteiger partial charge < -0.3 is 27.9 Å². The molecule has 0 radical (unpaired) electrons. The van der Waals surface area contributed by atoms with Gasteiger partial charge in [-0.2, -0.15) is 0 Å². The van der Waals surface area contributed by atoms with Crippen molar-refractivity contribution < 1.29 is 42.1 Å². The summed E-state index contributed by atoms with van der Waals surface area (Å²) in [4.78, 5) is 38.1. The fourth-order valence-corrected chi connectivity index (χ4v) is 9.89. The summed E-state index contributed by atoms with van der Waals surface area (Å²) < 4.78 is 34.3. The summed E-state index contributed by atoms with van der Waals surface area (Å²) in [6, 6.07) is 0. The Morgan fingerprint density at radius 2 is 0.587 bits per heavy atom. The van der Waals surface area contributed by atoms with Crippen LogP contribution in [0.4, 0.5) is 0 Å². The number of ether oxygens (including phenoxy) is 2. The van der Waals surface area contributed by atoms with Gasteiger partial charge in [0.1, 0.15) is 19.8 Å². The molecule has 0 aromatic carbocycles. The fraction of sp³-hybridized carbons (Fsp3) is 0.585. The van der Waals surface area contributed by atoms with Crippen LogP contribution in [0.3, 0.4) is 0 Å². The van der Waals surface area contributed by atoms with Gasteiger partial charge in [-0.25, -0.2) is 0 Å². The highest BCUT2D eigenvalue weighted by molar-refractivity contribution is 7.45. The van der Waals surface area contributed by atoms with E-state index in [1.165, 1.54) is 64.2 Å². The lowest BCUT2D eigenvalue weighted by atomic mass is 10.0. The number of carbonyl (C=O) groups excluding carboxylic acids is 2. The van der Waals surface area contributed by atoms with E-state index >= 15 is 0 Å². The SMILES string of the molecule is CC/C=C\C/C=C\C/C=C\C/C=C\C/C=C\C/C=C\C/C=C\C/C=C\C/C=C\CCCCCCCCCCCCCC(=O)OC(COC(=O)CCCCCCCCC/C=C\C/C=C\C/C=C\C/C=C\C/C=C\C/C=C\C/C=C\CC)COP(=O)([O-])OCC[N+](C)(C)C. The van der Waals surface area contributed by atoms with Crippen LogP contribution in [0.1, 0.15) is 258 Å². The monoisotopic (exact) mass is 1290 g/mol. The molecule has 0 aromatic heterocycles. The second-order valence-electron chi connectivity index (χ2n) is 24.5. The van der Waals surface area contributed by atoms with Crippen molar-refractivity contribution in [2.24, 2.45) is 0 Å². The van der Waals surface area contributed by atoms with E-state index in [4.69, 9.17) is 18.5 Å². The van der Waals surface area contributed by atoms with E-state index in [-0.39, 0.29) is 26.1 Å². The Kier molecular flexibility index (Phi) is 66.2. The zero-order valence-electron chi connectivity index (χ0n) is 58.9. The molecule has 0 rings (SSSR count). The van der Waals surface area contributed by atoms with E-state index in [0.717, 1.165) is 154 Å². The number of likely N-dealkylation sites (N-methyl/N-ethyl adjacent to an activating group) is 1. The molecule has 0 amide bonds. The molecule has 2 atom stereocenters. The van der Waals surface area contributed by atoms with Gasteiger partial charge in [0, 0.05) is 12.8 Å². The molecule has 2 unspecified atom stereocenters. The highest BCUT2D eigenvalue weighted by atomic mass is 31.2. The molecule has 0 spiro atoms. The molecule has 0 aliphatic heterocycles. The average Bonchev–Trinajstić information content (AvgIpc) is 2.14. The molecule has 0 aliphatic rings. The van der Waals surface area contributed by atoms with Crippen LogP contribution in [0.25, 0.3) is 0 Å². The minimum atomic E-state index is -4.66. The number of hydrogen-bond donors (Lipinski definition) is 0. The summed E-state index contributed by atoms with van der Waals surface area (Å²) in [5, 5.41) is 0. The van der Waals surface area contributed by atoms with Crippen molar-refractivity contribution in [2.75, 3.05) is 47.5 Å². The highest BCUT2D eigenvalue weighted by Crippen LogP contribution is 2.38. The summed E-state index contributed by atoms with van der Waals surface area (Å²) in [6.07, 6.45) is 109. The first kappa shape index (κ1) is 86.9. The standard InChI is InChI=1S/C82H132NO8P/c1-6-8-10-12-14-16-18-20-22-24-26-28-30-32-34-36-37-38-39-40-41-42-43-44-45-47-49-51-53-55-57-59-61-63-65-67-69-71-73-75-82(85)91-80(79-90-92(86,87)89-77-76-83(3,4)5)78-88-81(84)74-72-70-68-66-64-62-60-58-56-54-52-50-48-46-35-33-31-29-27-25-23-21-19-17-15-13-11-9-7-2/h8-11,14-17,20-23,26-29,32-35,37-38,40-41,43-44,47-50,54,56,80H,6-7,12-13,18-19,24-25,30-31,36,39,42,45-46,51-53,55,57-79H2,1-5H3/b10-8-,11-9-,16-14-,17-15-,22-20-,23-21-,28-26-,29-27-,34-32-,35-33-,38-37-,41-40-,44-43-,49-47-,50-48-,56-54-. The quantitative estimate of drug-likeness (QED) is 0.0195. The Balaban J connectivity index is 4.14. The predicted molar refractivity (Wildman–Crippen MR) is 396 cm³/mol. The van der Waals surface area contributed by atoms with E-state index in [1.807, 2.05) is 21.1 Å². The first-order valence-electron chi connectivity index (χ1n) is 36.1. The molecule has 0 aliphatic carbocycles. The second-order valence-corrected chi connectivity index (χ2v) is 25.9. The fourth-order valence-electron chi connectivity index (χ4n) is 9.16. The van der Waals surface area contributed by atoms with Gasteiger partial charge in [0.2, 0.25) is 0 Å². The van der Waals surface area contributed by atoms with Crippen molar-refractivity contribution >= 4 is 19.8 Å². The number of hydrogen-bond acceptors (Lipinski definition) is 8. The van der Waals surface area contributed by atoms with Gasteiger partial charge in [-0.05, 0) is 141 Å². The lowest BCUT2D eigenvalue weighted by Crippen LogP contribution is -2.37. The molecule has 518 valence electrons. The van der Waals surface area contributed by atoms with Gasteiger partial charge in [0.25, 0.3) is 7.82 Å². The van der Waals surface area contributed by atoms with Crippen molar-refractivity contribution in [3.8, 4) is 0 Å². The number of allylic oxidation sites excluding steroid dienone is 32. The Morgan fingerprint density at radius 1 is 0.337 bits per heavy atom. The summed E-state index contributed by atoms with van der Waals surface area (Å²) in [6.45, 7) is 3.98. The number of carbonyl (C=O) groups is 2. The van der Waals surface area contributed by atoms with Crippen LogP contribution in [-0.2, 0) is 32.7 Å². The van der Waals surface area contributed by atoms with E-state index in [0.29, 0.717) is 23.9 Å². The normalized spacial score (nSPS) is 14.3. The van der Waals surface area contributed by atoms with Crippen LogP contribution < -0.4 is 4.89 Å². The van der Waals surface area contributed by atoms with E-state index in [2.05, 4.69) is 208 Å². The van der Waals surface area contributed by atoms with Gasteiger partial charge in [0.05, 0.1) is 27.7 Å². The van der Waals surface area contributed by atoms with Crippen molar-refractivity contribution in [3.63, 3.8) is 0 Å². The molecule has 0 heterocycles. The lowest BCUT2D eigenvalue weighted by Gasteiger charge is -2.28. The zero-order chi connectivity index (χ0) is 66.9. The third-order valence-electron chi connectivity index (χ3n) is 14.6. The number of esters is 2. The Hall–Kier alpha value is -5.15. The molecule has 9 nitrogen and oxygen atoms in total. The number of phosphoric ester groups is 1. The molecule has 10 heteroatoms. The Morgan fingerprint density at radius 3 is 0.870 bits per heavy atom. The number of rotatable bonds is 64. The molecule has 92 heavy (non-hydrogen) atoms. The molecule has 0 aromatic rings. The van der Waals surface area contributed by atoms with Crippen molar-refractivity contribution in [1.29, 1.82) is 0 Å². The van der Waals surface area contributed by atoms with Crippen LogP contribution in [0.2, 0.25) is 0 Å². The molecular formula is C82H132NO8P. The third-order valence-corrected chi connectivity index (χ3v) is 15.6. The second kappa shape index (κ2) is 70.2. The minimum absolute atomic E-state index is 0.0435. The number of nitrogens with zero attached hydrogens (tertiary/aromatic N) is 1. The number of quaternary nitrogens is 1. The van der Waals surface area contributed by atoms with E-state index in [9.17, 15) is 19.0 Å². The maximum atomic E-state index is 12.9. The molecule has 0 saturated carbocycles. The molecule has 0 fully saturated rings. The van der Waals surface area contributed by atoms with Crippen molar-refractivity contribution in [1.82, 2.24) is 0 Å². The first-order chi connectivity index (χ1) is 45.0. The van der Waals surface area contributed by atoms with Gasteiger partial charge in [-0.3, -0.25) is 14.2 Å². The van der Waals surface area contributed by atoms with Gasteiger partial charge in [0.15, 0.2) is 6.10 Å². The van der Waals surface area contributed by atoms with Gasteiger partial charge in [-0.1, -0.05) is 298 Å². The van der Waals surface area contributed by atoms with E-state index < -0.39 is 32.5 Å². The lowest BCUT2D eigenvalue weighted by molar-refractivity contribution is -0.870. The molecule has 0 bridgehead atoms. The molecular weight excluding hydrogens is 1160 g/mol. The van der Waals surface area contributed by atoms with Gasteiger partial charge >= 0.3 is 11.9 Å². The van der Waals surface area contributed by atoms with Crippen LogP contribution in [0.5, 0.6) is 0 Å². The smallest absolute Gasteiger partial charge is 0.306 e. The van der Waals surface area contributed by atoms with Crippen molar-refractivity contribution in [3.05, 3.63) is 194 Å². The number of unbranched alkanes of at least 4 members (excludes halogenated alkanes) is 18.